The Bertz CT molecular complexity index is 462. The van der Waals surface area contributed by atoms with E-state index in [2.05, 4.69) is 10.3 Å². The fourth-order valence-corrected chi connectivity index (χ4v) is 2.25. The summed E-state index contributed by atoms with van der Waals surface area (Å²) in [7, 11) is 0. The number of rotatable bonds is 5. The molecule has 0 radical (unpaired) electrons. The van der Waals surface area contributed by atoms with Gasteiger partial charge < -0.3 is 25.0 Å². The fourth-order valence-electron chi connectivity index (χ4n) is 2.25. The topological polar surface area (TPSA) is 108 Å². The van der Waals surface area contributed by atoms with Gasteiger partial charge in [-0.25, -0.2) is 14.6 Å². The van der Waals surface area contributed by atoms with Crippen LogP contribution >= 0.6 is 0 Å². The number of hydrogen-bond donors (Lipinski definition) is 3. The van der Waals surface area contributed by atoms with Gasteiger partial charge in [-0.1, -0.05) is 0 Å². The maximum absolute atomic E-state index is 11.9. The molecule has 1 aliphatic rings. The van der Waals surface area contributed by atoms with Crippen molar-refractivity contribution in [2.45, 2.75) is 31.5 Å². The monoisotopic (exact) mass is 282 g/mol. The van der Waals surface area contributed by atoms with Crippen molar-refractivity contribution in [2.75, 3.05) is 13.1 Å². The first-order chi connectivity index (χ1) is 9.58. The molecular formula is C12H18N4O4. The molecule has 1 fully saturated rings. The van der Waals surface area contributed by atoms with E-state index in [0.29, 0.717) is 6.54 Å². The standard InChI is InChI=1S/C12H18N4O4/c17-9-6-10(11(18)19)16(7-9)12(20)14-2-1-4-15-5-3-13-8-15/h3,5,8-10,17H,1-2,4,6-7H2,(H,14,20)(H,18,19)/t9-,10+/m1/s1. The number of aliphatic hydroxyl groups excluding tert-OH is 1. The number of nitrogens with zero attached hydrogens (tertiary/aromatic N) is 3. The van der Waals surface area contributed by atoms with E-state index >= 15 is 0 Å². The molecule has 2 atom stereocenters. The van der Waals surface area contributed by atoms with Crippen LogP contribution in [0.4, 0.5) is 4.79 Å². The molecule has 0 saturated carbocycles. The van der Waals surface area contributed by atoms with Gasteiger partial charge in [0.05, 0.1) is 12.4 Å². The minimum atomic E-state index is -1.09. The molecule has 1 saturated heterocycles. The molecule has 0 spiro atoms. The zero-order valence-electron chi connectivity index (χ0n) is 11.0. The molecule has 1 aromatic heterocycles. The lowest BCUT2D eigenvalue weighted by molar-refractivity contribution is -0.141. The van der Waals surface area contributed by atoms with Crippen LogP contribution < -0.4 is 5.32 Å². The van der Waals surface area contributed by atoms with Crippen molar-refractivity contribution in [3.8, 4) is 0 Å². The van der Waals surface area contributed by atoms with Crippen LogP contribution in [0.25, 0.3) is 0 Å². The number of hydrogen-bond acceptors (Lipinski definition) is 4. The largest absolute Gasteiger partial charge is 0.480 e. The number of aliphatic hydroxyl groups is 1. The van der Waals surface area contributed by atoms with E-state index in [0.717, 1.165) is 13.0 Å². The third-order valence-corrected chi connectivity index (χ3v) is 3.25. The zero-order valence-corrected chi connectivity index (χ0v) is 11.0. The highest BCUT2D eigenvalue weighted by Crippen LogP contribution is 2.17. The van der Waals surface area contributed by atoms with Crippen molar-refractivity contribution in [1.29, 1.82) is 0 Å². The number of carboxylic acids is 1. The lowest BCUT2D eigenvalue weighted by Crippen LogP contribution is -2.46. The highest BCUT2D eigenvalue weighted by molar-refractivity contribution is 5.83. The number of carbonyl (C=O) groups excluding carboxylic acids is 1. The van der Waals surface area contributed by atoms with Crippen molar-refractivity contribution in [3.63, 3.8) is 0 Å². The molecule has 2 rings (SSSR count). The fraction of sp³-hybridized carbons (Fsp3) is 0.583. The Balaban J connectivity index is 1.75. The number of nitrogens with one attached hydrogen (secondary N) is 1. The first kappa shape index (κ1) is 14.3. The summed E-state index contributed by atoms with van der Waals surface area (Å²) < 4.78 is 1.89. The molecule has 0 aromatic carbocycles. The predicted octanol–water partition coefficient (Wildman–Crippen LogP) is -0.497. The van der Waals surface area contributed by atoms with Crippen LogP contribution in [0.2, 0.25) is 0 Å². The van der Waals surface area contributed by atoms with E-state index in [1.165, 1.54) is 4.90 Å². The quantitative estimate of drug-likeness (QED) is 0.631. The average Bonchev–Trinajstić information content (AvgIpc) is 3.03. The highest BCUT2D eigenvalue weighted by atomic mass is 16.4. The van der Waals surface area contributed by atoms with Crippen molar-refractivity contribution in [2.24, 2.45) is 0 Å². The maximum atomic E-state index is 11.9. The van der Waals surface area contributed by atoms with Gasteiger partial charge >= 0.3 is 12.0 Å². The Hall–Kier alpha value is -2.09. The lowest BCUT2D eigenvalue weighted by Gasteiger charge is -2.21. The number of likely N-dealkylation sites (tertiary alicyclic amines) is 1. The molecule has 3 N–H and O–H groups in total. The highest BCUT2D eigenvalue weighted by Gasteiger charge is 2.38. The first-order valence-electron chi connectivity index (χ1n) is 6.49. The molecule has 2 amide bonds. The van der Waals surface area contributed by atoms with E-state index in [1.54, 1.807) is 12.5 Å². The summed E-state index contributed by atoms with van der Waals surface area (Å²) in [6, 6.07) is -1.39. The summed E-state index contributed by atoms with van der Waals surface area (Å²) in [4.78, 5) is 28.0. The third-order valence-electron chi connectivity index (χ3n) is 3.25. The van der Waals surface area contributed by atoms with E-state index in [1.807, 2.05) is 10.8 Å². The van der Waals surface area contributed by atoms with Crippen molar-refractivity contribution in [3.05, 3.63) is 18.7 Å². The summed E-state index contributed by atoms with van der Waals surface area (Å²) in [5, 5.41) is 21.1. The number of β-amino-alcohol motifs (C(OH)–C–C–N with tert-alkyl or cyclic N) is 1. The van der Waals surface area contributed by atoms with Gasteiger partial charge in [0.1, 0.15) is 6.04 Å². The second kappa shape index (κ2) is 6.38. The van der Waals surface area contributed by atoms with Crippen LogP contribution in [-0.2, 0) is 11.3 Å². The van der Waals surface area contributed by atoms with Gasteiger partial charge in [-0.15, -0.1) is 0 Å². The van der Waals surface area contributed by atoms with Crippen LogP contribution in [-0.4, -0.2) is 61.9 Å². The van der Waals surface area contributed by atoms with Crippen LogP contribution in [0.5, 0.6) is 0 Å². The summed E-state index contributed by atoms with van der Waals surface area (Å²) >= 11 is 0. The molecule has 0 bridgehead atoms. The maximum Gasteiger partial charge on any atom is 0.326 e. The second-order valence-electron chi connectivity index (χ2n) is 4.78. The van der Waals surface area contributed by atoms with Gasteiger partial charge in [0, 0.05) is 38.4 Å². The zero-order chi connectivity index (χ0) is 14.5. The molecule has 0 unspecified atom stereocenters. The van der Waals surface area contributed by atoms with Crippen molar-refractivity contribution in [1.82, 2.24) is 19.8 Å². The Morgan fingerprint density at radius 2 is 2.25 bits per heavy atom. The molecule has 1 aliphatic heterocycles. The van der Waals surface area contributed by atoms with Crippen LogP contribution in [0.1, 0.15) is 12.8 Å². The van der Waals surface area contributed by atoms with E-state index in [4.69, 9.17) is 5.11 Å². The van der Waals surface area contributed by atoms with Gasteiger partial charge in [-0.2, -0.15) is 0 Å². The van der Waals surface area contributed by atoms with Gasteiger partial charge in [0.15, 0.2) is 0 Å². The SMILES string of the molecule is O=C(O)[C@@H]1C[C@@H](O)CN1C(=O)NCCCn1ccnc1. The molecule has 20 heavy (non-hydrogen) atoms. The van der Waals surface area contributed by atoms with Crippen LogP contribution in [0.3, 0.4) is 0 Å². The number of carbonyl (C=O) groups is 2. The summed E-state index contributed by atoms with van der Waals surface area (Å²) in [6.45, 7) is 1.23. The molecule has 8 nitrogen and oxygen atoms in total. The Kier molecular flexibility index (Phi) is 4.57. The first-order valence-corrected chi connectivity index (χ1v) is 6.49. The smallest absolute Gasteiger partial charge is 0.326 e. The number of aryl methyl sites for hydroxylation is 1. The number of urea groups is 1. The number of amides is 2. The van der Waals surface area contributed by atoms with Gasteiger partial charge in [0.2, 0.25) is 0 Å². The van der Waals surface area contributed by atoms with E-state index < -0.39 is 24.1 Å². The van der Waals surface area contributed by atoms with E-state index in [-0.39, 0.29) is 13.0 Å². The third kappa shape index (κ3) is 3.47. The number of carboxylic acid groups (broad SMARTS) is 1. The molecule has 8 heteroatoms. The minimum Gasteiger partial charge on any atom is -0.480 e. The van der Waals surface area contributed by atoms with Crippen LogP contribution in [0.15, 0.2) is 18.7 Å². The van der Waals surface area contributed by atoms with Gasteiger partial charge in [-0.3, -0.25) is 0 Å². The Labute approximate surface area is 116 Å². The number of aromatic nitrogens is 2. The van der Waals surface area contributed by atoms with Crippen molar-refractivity contribution < 1.29 is 19.8 Å². The van der Waals surface area contributed by atoms with E-state index in [9.17, 15) is 14.7 Å². The van der Waals surface area contributed by atoms with Crippen LogP contribution in [0, 0.1) is 0 Å². The van der Waals surface area contributed by atoms with Gasteiger partial charge in [0.25, 0.3) is 0 Å². The lowest BCUT2D eigenvalue weighted by atomic mass is 10.2. The molecule has 0 aliphatic carbocycles. The summed E-state index contributed by atoms with van der Waals surface area (Å²) in [6.07, 6.45) is 5.24. The summed E-state index contributed by atoms with van der Waals surface area (Å²) in [5.74, 6) is -1.09. The minimum absolute atomic E-state index is 0.0598. The summed E-state index contributed by atoms with van der Waals surface area (Å²) in [5.41, 5.74) is 0. The molecule has 2 heterocycles. The predicted molar refractivity (Wildman–Crippen MR) is 69.0 cm³/mol. The van der Waals surface area contributed by atoms with Gasteiger partial charge in [-0.05, 0) is 6.42 Å². The Morgan fingerprint density at radius 1 is 1.45 bits per heavy atom. The number of imidazole rings is 1. The Morgan fingerprint density at radius 3 is 2.90 bits per heavy atom. The normalized spacial score (nSPS) is 21.9. The van der Waals surface area contributed by atoms with Crippen molar-refractivity contribution >= 4 is 12.0 Å². The molecule has 110 valence electrons. The molecule has 1 aromatic rings. The second-order valence-corrected chi connectivity index (χ2v) is 4.78. The number of aliphatic carboxylic acids is 1. The molecular weight excluding hydrogens is 264 g/mol. The average molecular weight is 282 g/mol.